The number of hydrogen-bond donors (Lipinski definition) is 2. The predicted octanol–water partition coefficient (Wildman–Crippen LogP) is 2.15. The maximum absolute atomic E-state index is 13.3. The van der Waals surface area contributed by atoms with Crippen molar-refractivity contribution in [3.05, 3.63) is 82.2 Å². The van der Waals surface area contributed by atoms with Crippen molar-refractivity contribution in [2.45, 2.75) is 11.3 Å². The number of benzene rings is 1. The highest BCUT2D eigenvalue weighted by Crippen LogP contribution is 2.29. The molecule has 0 fully saturated rings. The van der Waals surface area contributed by atoms with Crippen LogP contribution in [0.1, 0.15) is 16.8 Å². The number of sulfonamides is 1. The van der Waals surface area contributed by atoms with Crippen LogP contribution >= 0.6 is 0 Å². The number of anilines is 1. The smallest absolute Gasteiger partial charge is 0.281 e. The lowest BCUT2D eigenvalue weighted by atomic mass is 10.2. The molecule has 0 aliphatic carbocycles. The molecule has 0 amide bonds. The van der Waals surface area contributed by atoms with Gasteiger partial charge in [0.25, 0.3) is 15.7 Å². The minimum absolute atomic E-state index is 0.201. The lowest BCUT2D eigenvalue weighted by molar-refractivity contribution is -0.385. The molecule has 0 spiro atoms. The fourth-order valence-corrected chi connectivity index (χ4v) is 4.40. The molecule has 0 aliphatic rings. The maximum Gasteiger partial charge on any atom is 0.281 e. The highest BCUT2D eigenvalue weighted by Gasteiger charge is 2.26. The summed E-state index contributed by atoms with van der Waals surface area (Å²) in [5, 5.41) is 31.6. The Morgan fingerprint density at radius 2 is 2.17 bits per heavy atom. The van der Waals surface area contributed by atoms with Gasteiger partial charge in [0.1, 0.15) is 4.90 Å². The number of aromatic amines is 1. The van der Waals surface area contributed by atoms with Gasteiger partial charge in [0.2, 0.25) is 0 Å². The molecule has 0 bridgehead atoms. The third-order valence-corrected chi connectivity index (χ3v) is 6.79. The van der Waals surface area contributed by atoms with E-state index in [9.17, 15) is 18.5 Å². The van der Waals surface area contributed by atoms with Gasteiger partial charge in [-0.25, -0.2) is 9.50 Å². The molecule has 13 nitrogen and oxygen atoms in total. The normalized spacial score (nSPS) is 11.5. The molecule has 3 heterocycles. The van der Waals surface area contributed by atoms with E-state index in [4.69, 9.17) is 5.26 Å². The predicted molar refractivity (Wildman–Crippen MR) is 126 cm³/mol. The van der Waals surface area contributed by atoms with Crippen molar-refractivity contribution in [1.29, 1.82) is 5.26 Å². The first kappa shape index (κ1) is 23.4. The van der Waals surface area contributed by atoms with Crippen LogP contribution in [0.3, 0.4) is 0 Å². The van der Waals surface area contributed by atoms with Crippen molar-refractivity contribution in [1.82, 2.24) is 24.0 Å². The van der Waals surface area contributed by atoms with E-state index in [-0.39, 0.29) is 16.3 Å². The number of non-ortho nitro benzene ring substituents is 1. The van der Waals surface area contributed by atoms with Crippen LogP contribution in [0.2, 0.25) is 0 Å². The Labute approximate surface area is 199 Å². The lowest BCUT2D eigenvalue weighted by Gasteiger charge is -2.17. The van der Waals surface area contributed by atoms with Crippen molar-refractivity contribution in [2.75, 3.05) is 18.9 Å². The van der Waals surface area contributed by atoms with Gasteiger partial charge in [-0.3, -0.25) is 10.1 Å². The number of hydrogen-bond acceptors (Lipinski definition) is 9. The van der Waals surface area contributed by atoms with E-state index in [1.165, 1.54) is 42.4 Å². The molecule has 0 aliphatic heterocycles. The number of hydrazone groups is 1. The molecule has 1 aromatic carbocycles. The summed E-state index contributed by atoms with van der Waals surface area (Å²) in [5.74, 6) is 0. The molecular formula is C21H19N9O4S. The Kier molecular flexibility index (Phi) is 6.42. The van der Waals surface area contributed by atoms with Crippen molar-refractivity contribution in [3.8, 4) is 6.07 Å². The quantitative estimate of drug-likeness (QED) is 0.202. The fourth-order valence-electron chi connectivity index (χ4n) is 3.25. The van der Waals surface area contributed by atoms with Crippen LogP contribution in [0.5, 0.6) is 0 Å². The van der Waals surface area contributed by atoms with Crippen LogP contribution in [0.25, 0.3) is 5.52 Å². The summed E-state index contributed by atoms with van der Waals surface area (Å²) in [6.07, 6.45) is 8.10. The van der Waals surface area contributed by atoms with E-state index in [1.807, 2.05) is 6.07 Å². The number of nitro benzene ring substituents is 1. The summed E-state index contributed by atoms with van der Waals surface area (Å²) < 4.78 is 28.9. The van der Waals surface area contributed by atoms with Crippen LogP contribution in [-0.4, -0.2) is 57.1 Å². The minimum Gasteiger partial charge on any atom is -0.384 e. The lowest BCUT2D eigenvalue weighted by Crippen LogP contribution is -2.23. The van der Waals surface area contributed by atoms with E-state index in [0.717, 1.165) is 16.2 Å². The zero-order valence-corrected chi connectivity index (χ0v) is 19.2. The first-order chi connectivity index (χ1) is 16.8. The largest absolute Gasteiger partial charge is 0.384 e. The Balaban J connectivity index is 1.62. The van der Waals surface area contributed by atoms with Gasteiger partial charge in [0.15, 0.2) is 0 Å². The standard InChI is InChI=1S/C21H19N9O4S/c1-28(26-11-16-12-27-29-7-5-15(10-22)8-20(16)29)35(33,34)21-9-18(30(31)32)2-3-19(21)24-6-4-17-13-23-14-25-17/h2-3,5,7-9,11-14,24H,4,6H2,1H3,(H,23,25). The highest BCUT2D eigenvalue weighted by atomic mass is 32.2. The Morgan fingerprint density at radius 1 is 1.34 bits per heavy atom. The second kappa shape index (κ2) is 9.61. The van der Waals surface area contributed by atoms with E-state index in [1.54, 1.807) is 24.5 Å². The number of nitrogens with zero attached hydrogens (tertiary/aromatic N) is 7. The van der Waals surface area contributed by atoms with Crippen LogP contribution in [0.4, 0.5) is 11.4 Å². The summed E-state index contributed by atoms with van der Waals surface area (Å²) >= 11 is 0. The molecule has 3 aromatic heterocycles. The number of aromatic nitrogens is 4. The van der Waals surface area contributed by atoms with Crippen LogP contribution in [0.15, 0.2) is 65.2 Å². The fraction of sp³-hybridized carbons (Fsp3) is 0.143. The molecule has 178 valence electrons. The molecule has 4 aromatic rings. The molecule has 2 N–H and O–H groups in total. The Hall–Kier alpha value is -4.77. The van der Waals surface area contributed by atoms with Gasteiger partial charge in [-0.05, 0) is 18.2 Å². The van der Waals surface area contributed by atoms with Crippen molar-refractivity contribution >= 4 is 33.1 Å². The van der Waals surface area contributed by atoms with Gasteiger partial charge in [0.05, 0.1) is 46.5 Å². The molecule has 0 radical (unpaired) electrons. The Morgan fingerprint density at radius 3 is 2.89 bits per heavy atom. The summed E-state index contributed by atoms with van der Waals surface area (Å²) in [5.41, 5.74) is 2.14. The first-order valence-corrected chi connectivity index (χ1v) is 11.6. The number of fused-ring (bicyclic) bond motifs is 1. The summed E-state index contributed by atoms with van der Waals surface area (Å²) in [6.45, 7) is 0.360. The third-order valence-electron chi connectivity index (χ3n) is 5.11. The monoisotopic (exact) mass is 493 g/mol. The van der Waals surface area contributed by atoms with E-state index in [2.05, 4.69) is 25.5 Å². The number of rotatable bonds is 9. The molecular weight excluding hydrogens is 474 g/mol. The zero-order chi connectivity index (χ0) is 25.0. The minimum atomic E-state index is -4.26. The molecule has 0 unspecified atom stereocenters. The van der Waals surface area contributed by atoms with Crippen molar-refractivity contribution < 1.29 is 13.3 Å². The Bertz CT molecular complexity index is 1550. The van der Waals surface area contributed by atoms with Gasteiger partial charge in [-0.1, -0.05) is 0 Å². The molecule has 14 heteroatoms. The van der Waals surface area contributed by atoms with Gasteiger partial charge in [0, 0.05) is 55.8 Å². The topological polar surface area (TPSA) is 175 Å². The summed E-state index contributed by atoms with van der Waals surface area (Å²) in [6, 6.07) is 8.81. The van der Waals surface area contributed by atoms with Crippen molar-refractivity contribution in [2.24, 2.45) is 5.10 Å². The number of pyridine rings is 1. The zero-order valence-electron chi connectivity index (χ0n) is 18.4. The number of nitro groups is 1. The molecule has 35 heavy (non-hydrogen) atoms. The average molecular weight is 494 g/mol. The number of nitrogens with one attached hydrogen (secondary N) is 2. The second-order valence-electron chi connectivity index (χ2n) is 7.33. The van der Waals surface area contributed by atoms with E-state index < -0.39 is 14.9 Å². The van der Waals surface area contributed by atoms with Crippen LogP contribution < -0.4 is 5.32 Å². The first-order valence-electron chi connectivity index (χ1n) is 10.2. The molecule has 4 rings (SSSR count). The summed E-state index contributed by atoms with van der Waals surface area (Å²) in [7, 11) is -3.03. The summed E-state index contributed by atoms with van der Waals surface area (Å²) in [4.78, 5) is 17.2. The highest BCUT2D eigenvalue weighted by molar-refractivity contribution is 7.89. The molecule has 0 saturated carbocycles. The van der Waals surface area contributed by atoms with Gasteiger partial charge >= 0.3 is 0 Å². The molecule has 0 atom stereocenters. The van der Waals surface area contributed by atoms with Gasteiger partial charge in [-0.15, -0.1) is 0 Å². The van der Waals surface area contributed by atoms with E-state index in [0.29, 0.717) is 29.6 Å². The van der Waals surface area contributed by atoms with Gasteiger partial charge in [-0.2, -0.15) is 28.3 Å². The average Bonchev–Trinajstić information content (AvgIpc) is 3.52. The SMILES string of the molecule is CN(N=Cc1cnn2ccc(C#N)cc12)S(=O)(=O)c1cc([N+](=O)[O-])ccc1NCCc1cnc[nH]1. The van der Waals surface area contributed by atoms with Crippen LogP contribution in [0, 0.1) is 21.4 Å². The second-order valence-corrected chi connectivity index (χ2v) is 9.25. The number of H-pyrrole nitrogens is 1. The number of imidazole rings is 1. The molecule has 0 saturated heterocycles. The van der Waals surface area contributed by atoms with E-state index >= 15 is 0 Å². The number of nitriles is 1. The maximum atomic E-state index is 13.3. The van der Waals surface area contributed by atoms with Gasteiger partial charge < -0.3 is 10.3 Å². The van der Waals surface area contributed by atoms with Crippen LogP contribution in [-0.2, 0) is 16.4 Å². The third kappa shape index (κ3) is 4.94. The van der Waals surface area contributed by atoms with Crippen molar-refractivity contribution in [3.63, 3.8) is 0 Å².